The van der Waals surface area contributed by atoms with Gasteiger partial charge >= 0.3 is 11.3 Å². The summed E-state index contributed by atoms with van der Waals surface area (Å²) < 4.78 is 9.95. The number of carbonyl (C=O) groups excluding carboxylic acids is 2. The molecule has 5 heteroatoms. The normalized spacial score (nSPS) is 16.5. The number of hydrogen-bond acceptors (Lipinski definition) is 5. The molecule has 0 aliphatic heterocycles. The predicted molar refractivity (Wildman–Crippen MR) is 67.0 cm³/mol. The zero-order valence-electron chi connectivity index (χ0n) is 10.3. The van der Waals surface area contributed by atoms with E-state index >= 15 is 0 Å². The maximum atomic E-state index is 11.6. The highest BCUT2D eigenvalue weighted by Gasteiger charge is 2.22. The van der Waals surface area contributed by atoms with E-state index in [2.05, 4.69) is 0 Å². The molecule has 0 N–H and O–H groups in total. The first kappa shape index (κ1) is 14.4. The molecule has 0 amide bonds. The zero-order chi connectivity index (χ0) is 12.5. The van der Waals surface area contributed by atoms with Crippen LogP contribution in [-0.2, 0) is 14.3 Å². The van der Waals surface area contributed by atoms with Gasteiger partial charge in [-0.15, -0.1) is 0 Å². The molecule has 0 bridgehead atoms. The van der Waals surface area contributed by atoms with Crippen molar-refractivity contribution in [3.8, 4) is 0 Å². The van der Waals surface area contributed by atoms with E-state index in [4.69, 9.17) is 9.47 Å². The molecule has 98 valence electrons. The third kappa shape index (κ3) is 5.96. The van der Waals surface area contributed by atoms with E-state index in [0.717, 1.165) is 37.4 Å². The van der Waals surface area contributed by atoms with Crippen molar-refractivity contribution < 1.29 is 19.1 Å². The molecule has 1 aliphatic carbocycles. The van der Waals surface area contributed by atoms with E-state index in [0.29, 0.717) is 5.75 Å². The van der Waals surface area contributed by atoms with Crippen molar-refractivity contribution in [1.29, 1.82) is 0 Å². The second kappa shape index (κ2) is 8.39. The topological polar surface area (TPSA) is 52.6 Å². The molecule has 4 nitrogen and oxygen atoms in total. The number of ether oxygens (including phenoxy) is 2. The lowest BCUT2D eigenvalue weighted by Crippen LogP contribution is -2.22. The maximum absolute atomic E-state index is 11.6. The zero-order valence-corrected chi connectivity index (χ0v) is 11.1. The molecule has 0 spiro atoms. The lowest BCUT2D eigenvalue weighted by Gasteiger charge is -2.19. The Bertz CT molecular complexity index is 249. The van der Waals surface area contributed by atoms with E-state index in [1.165, 1.54) is 6.42 Å². The van der Waals surface area contributed by atoms with Crippen molar-refractivity contribution in [2.75, 3.05) is 19.0 Å². The SMILES string of the molecule is CCSC(=O)OCCOC(=O)C1CCCCC1. The van der Waals surface area contributed by atoms with Gasteiger partial charge in [-0.05, 0) is 24.6 Å². The van der Waals surface area contributed by atoms with Gasteiger partial charge in [0.1, 0.15) is 13.2 Å². The number of rotatable bonds is 5. The Morgan fingerprint density at radius 3 is 2.41 bits per heavy atom. The quantitative estimate of drug-likeness (QED) is 0.562. The highest BCUT2D eigenvalue weighted by Crippen LogP contribution is 2.24. The number of esters is 1. The molecule has 0 atom stereocenters. The second-order valence-electron chi connectivity index (χ2n) is 4.03. The number of thioether (sulfide) groups is 1. The Labute approximate surface area is 106 Å². The largest absolute Gasteiger partial charge is 0.462 e. The Kier molecular flexibility index (Phi) is 7.08. The van der Waals surface area contributed by atoms with Gasteiger partial charge in [0.2, 0.25) is 0 Å². The average Bonchev–Trinajstić information content (AvgIpc) is 2.36. The summed E-state index contributed by atoms with van der Waals surface area (Å²) >= 11 is 1.12. The van der Waals surface area contributed by atoms with Gasteiger partial charge in [-0.1, -0.05) is 26.2 Å². The molecule has 1 rings (SSSR count). The third-order valence-electron chi connectivity index (χ3n) is 2.75. The molecule has 0 saturated heterocycles. The molecule has 1 saturated carbocycles. The standard InChI is InChI=1S/C12H20O4S/c1-2-17-12(14)16-9-8-15-11(13)10-6-4-3-5-7-10/h10H,2-9H2,1H3. The van der Waals surface area contributed by atoms with Crippen LogP contribution in [0.4, 0.5) is 4.79 Å². The summed E-state index contributed by atoms with van der Waals surface area (Å²) in [5.74, 6) is 0.620. The molecule has 0 aromatic carbocycles. The Balaban J connectivity index is 2.05. The van der Waals surface area contributed by atoms with Crippen molar-refractivity contribution in [3.05, 3.63) is 0 Å². The summed E-state index contributed by atoms with van der Waals surface area (Å²) in [4.78, 5) is 22.6. The summed E-state index contributed by atoms with van der Waals surface area (Å²) in [7, 11) is 0. The van der Waals surface area contributed by atoms with Crippen LogP contribution in [0.1, 0.15) is 39.0 Å². The van der Waals surface area contributed by atoms with Crippen LogP contribution in [0.3, 0.4) is 0 Å². The minimum Gasteiger partial charge on any atom is -0.462 e. The van der Waals surface area contributed by atoms with Crippen molar-refractivity contribution in [1.82, 2.24) is 0 Å². The Hall–Kier alpha value is -0.710. The van der Waals surface area contributed by atoms with Gasteiger partial charge in [0, 0.05) is 5.75 Å². The monoisotopic (exact) mass is 260 g/mol. The molecular weight excluding hydrogens is 240 g/mol. The lowest BCUT2D eigenvalue weighted by atomic mass is 9.89. The predicted octanol–water partition coefficient (Wildman–Crippen LogP) is 3.00. The molecule has 0 radical (unpaired) electrons. The molecule has 17 heavy (non-hydrogen) atoms. The molecule has 0 aromatic heterocycles. The van der Waals surface area contributed by atoms with Gasteiger partial charge in [0.05, 0.1) is 5.92 Å². The highest BCUT2D eigenvalue weighted by atomic mass is 32.2. The van der Waals surface area contributed by atoms with Gasteiger partial charge in [-0.3, -0.25) is 4.79 Å². The van der Waals surface area contributed by atoms with E-state index in [1.807, 2.05) is 6.92 Å². The molecule has 0 unspecified atom stereocenters. The van der Waals surface area contributed by atoms with Crippen LogP contribution in [0.15, 0.2) is 0 Å². The number of hydrogen-bond donors (Lipinski definition) is 0. The minimum absolute atomic E-state index is 0.0597. The van der Waals surface area contributed by atoms with Crippen LogP contribution in [-0.4, -0.2) is 30.2 Å². The van der Waals surface area contributed by atoms with Crippen LogP contribution < -0.4 is 0 Å². The van der Waals surface area contributed by atoms with Gasteiger partial charge in [-0.2, -0.15) is 0 Å². The van der Waals surface area contributed by atoms with Crippen molar-refractivity contribution in [3.63, 3.8) is 0 Å². The van der Waals surface area contributed by atoms with Crippen LogP contribution in [0.5, 0.6) is 0 Å². The van der Waals surface area contributed by atoms with Crippen molar-refractivity contribution in [2.24, 2.45) is 5.92 Å². The Morgan fingerprint density at radius 2 is 1.76 bits per heavy atom. The third-order valence-corrected chi connectivity index (χ3v) is 3.39. The van der Waals surface area contributed by atoms with Crippen LogP contribution in [0.2, 0.25) is 0 Å². The molecule has 1 fully saturated rings. The molecule has 0 aromatic rings. The average molecular weight is 260 g/mol. The summed E-state index contributed by atoms with van der Waals surface area (Å²) in [6, 6.07) is 0. The van der Waals surface area contributed by atoms with Crippen LogP contribution in [0, 0.1) is 5.92 Å². The van der Waals surface area contributed by atoms with E-state index in [1.54, 1.807) is 0 Å². The summed E-state index contributed by atoms with van der Waals surface area (Å²) in [6.45, 7) is 2.21. The first-order valence-electron chi connectivity index (χ1n) is 6.20. The van der Waals surface area contributed by atoms with Crippen molar-refractivity contribution in [2.45, 2.75) is 39.0 Å². The fourth-order valence-corrected chi connectivity index (χ4v) is 2.29. The van der Waals surface area contributed by atoms with Crippen molar-refractivity contribution >= 4 is 23.0 Å². The van der Waals surface area contributed by atoms with Gasteiger partial charge in [0.15, 0.2) is 0 Å². The summed E-state index contributed by atoms with van der Waals surface area (Å²) in [5, 5.41) is -0.304. The summed E-state index contributed by atoms with van der Waals surface area (Å²) in [6.07, 6.45) is 5.31. The second-order valence-corrected chi connectivity index (χ2v) is 5.23. The molecule has 0 heterocycles. The highest BCUT2D eigenvalue weighted by molar-refractivity contribution is 8.13. The molecular formula is C12H20O4S. The van der Waals surface area contributed by atoms with Crippen LogP contribution in [0.25, 0.3) is 0 Å². The van der Waals surface area contributed by atoms with Crippen LogP contribution >= 0.6 is 11.8 Å². The maximum Gasteiger partial charge on any atom is 0.367 e. The van der Waals surface area contributed by atoms with Gasteiger partial charge < -0.3 is 9.47 Å². The van der Waals surface area contributed by atoms with E-state index < -0.39 is 0 Å². The summed E-state index contributed by atoms with van der Waals surface area (Å²) in [5.41, 5.74) is 0. The van der Waals surface area contributed by atoms with Gasteiger partial charge in [0.25, 0.3) is 0 Å². The number of carbonyl (C=O) groups is 2. The van der Waals surface area contributed by atoms with Gasteiger partial charge in [-0.25, -0.2) is 4.79 Å². The van der Waals surface area contributed by atoms with E-state index in [9.17, 15) is 9.59 Å². The fourth-order valence-electron chi connectivity index (χ4n) is 1.88. The smallest absolute Gasteiger partial charge is 0.367 e. The minimum atomic E-state index is -0.304. The molecule has 1 aliphatic rings. The fraction of sp³-hybridized carbons (Fsp3) is 0.833. The van der Waals surface area contributed by atoms with E-state index in [-0.39, 0.29) is 30.4 Å². The first-order valence-corrected chi connectivity index (χ1v) is 7.18. The Morgan fingerprint density at radius 1 is 1.12 bits per heavy atom. The lowest BCUT2D eigenvalue weighted by molar-refractivity contribution is -0.150. The first-order chi connectivity index (χ1) is 8.24.